The Morgan fingerprint density at radius 1 is 1.33 bits per heavy atom. The number of hydrogen-bond donors (Lipinski definition) is 1. The molecule has 2 saturated heterocycles. The molecule has 0 atom stereocenters. The second-order valence-electron chi connectivity index (χ2n) is 4.11. The Balaban J connectivity index is 2.12. The van der Waals surface area contributed by atoms with Crippen LogP contribution >= 0.6 is 0 Å². The Hall–Kier alpha value is -0.810. The average Bonchev–Trinajstić information content (AvgIpc) is 2.30. The van der Waals surface area contributed by atoms with Gasteiger partial charge in [0.2, 0.25) is 0 Å². The van der Waals surface area contributed by atoms with Crippen LogP contribution in [0.25, 0.3) is 0 Å². The molecular formula is C10H17NO4. The zero-order chi connectivity index (χ0) is 10.7. The third-order valence-corrected chi connectivity index (χ3v) is 3.26. The number of aliphatic hydroxyl groups is 1. The fraction of sp³-hybridized carbons (Fsp3) is 0.900. The maximum Gasteiger partial charge on any atom is 0.410 e. The van der Waals surface area contributed by atoms with Crippen LogP contribution in [-0.2, 0) is 9.47 Å². The summed E-state index contributed by atoms with van der Waals surface area (Å²) in [6, 6.07) is 0. The quantitative estimate of drug-likeness (QED) is 0.723. The fourth-order valence-corrected chi connectivity index (χ4v) is 2.25. The van der Waals surface area contributed by atoms with E-state index in [-0.39, 0.29) is 12.7 Å². The molecular weight excluding hydrogens is 198 g/mol. The van der Waals surface area contributed by atoms with Gasteiger partial charge in [0.05, 0.1) is 18.8 Å². The van der Waals surface area contributed by atoms with Crippen molar-refractivity contribution in [3.05, 3.63) is 0 Å². The first-order chi connectivity index (χ1) is 7.28. The topological polar surface area (TPSA) is 59.0 Å². The highest BCUT2D eigenvalue weighted by atomic mass is 16.6. The van der Waals surface area contributed by atoms with Gasteiger partial charge in [0.1, 0.15) is 0 Å². The van der Waals surface area contributed by atoms with E-state index in [2.05, 4.69) is 0 Å². The van der Waals surface area contributed by atoms with Gasteiger partial charge in [-0.3, -0.25) is 4.90 Å². The lowest BCUT2D eigenvalue weighted by Gasteiger charge is -2.45. The highest BCUT2D eigenvalue weighted by Crippen LogP contribution is 2.29. The van der Waals surface area contributed by atoms with Crippen LogP contribution in [0.1, 0.15) is 19.3 Å². The summed E-state index contributed by atoms with van der Waals surface area (Å²) >= 11 is 0. The molecule has 2 fully saturated rings. The zero-order valence-corrected chi connectivity index (χ0v) is 8.78. The van der Waals surface area contributed by atoms with Crippen molar-refractivity contribution in [3.8, 4) is 0 Å². The van der Waals surface area contributed by atoms with Crippen molar-refractivity contribution in [1.29, 1.82) is 0 Å². The molecule has 15 heavy (non-hydrogen) atoms. The molecule has 0 unspecified atom stereocenters. The number of amides is 1. The van der Waals surface area contributed by atoms with E-state index in [1.807, 2.05) is 0 Å². The van der Waals surface area contributed by atoms with Crippen LogP contribution in [-0.4, -0.2) is 54.6 Å². The van der Waals surface area contributed by atoms with E-state index >= 15 is 0 Å². The van der Waals surface area contributed by atoms with Crippen molar-refractivity contribution in [1.82, 2.24) is 4.90 Å². The van der Waals surface area contributed by atoms with E-state index < -0.39 is 5.54 Å². The maximum atomic E-state index is 11.6. The van der Waals surface area contributed by atoms with E-state index in [1.54, 1.807) is 4.90 Å². The molecule has 2 aliphatic rings. The molecule has 0 bridgehead atoms. The largest absolute Gasteiger partial charge is 0.449 e. The highest BCUT2D eigenvalue weighted by molar-refractivity contribution is 5.69. The van der Waals surface area contributed by atoms with Crippen molar-refractivity contribution in [2.75, 3.05) is 33.0 Å². The van der Waals surface area contributed by atoms with Crippen LogP contribution in [0.5, 0.6) is 0 Å². The van der Waals surface area contributed by atoms with Crippen LogP contribution in [0.2, 0.25) is 0 Å². The minimum Gasteiger partial charge on any atom is -0.449 e. The van der Waals surface area contributed by atoms with Crippen molar-refractivity contribution in [2.45, 2.75) is 24.8 Å². The Kier molecular flexibility index (Phi) is 3.11. The van der Waals surface area contributed by atoms with Crippen LogP contribution in [0, 0.1) is 0 Å². The number of cyclic esters (lactones) is 1. The lowest BCUT2D eigenvalue weighted by atomic mass is 9.88. The minimum absolute atomic E-state index is 0.00847. The summed E-state index contributed by atoms with van der Waals surface area (Å²) < 4.78 is 10.3. The van der Waals surface area contributed by atoms with Gasteiger partial charge in [0, 0.05) is 19.8 Å². The third-order valence-electron chi connectivity index (χ3n) is 3.26. The van der Waals surface area contributed by atoms with Gasteiger partial charge in [0.25, 0.3) is 0 Å². The van der Waals surface area contributed by atoms with E-state index in [4.69, 9.17) is 9.47 Å². The SMILES string of the molecule is O=C1OCCCN1C1(CO)CCOCC1. The summed E-state index contributed by atoms with van der Waals surface area (Å²) in [5, 5.41) is 9.51. The Bertz CT molecular complexity index is 238. The summed E-state index contributed by atoms with van der Waals surface area (Å²) in [6.07, 6.45) is 1.93. The predicted octanol–water partition coefficient (Wildman–Crippen LogP) is 0.370. The molecule has 0 aromatic carbocycles. The number of nitrogens with zero attached hydrogens (tertiary/aromatic N) is 1. The monoisotopic (exact) mass is 215 g/mol. The molecule has 0 spiro atoms. The van der Waals surface area contributed by atoms with Crippen LogP contribution < -0.4 is 0 Å². The summed E-state index contributed by atoms with van der Waals surface area (Å²) in [5.74, 6) is 0. The van der Waals surface area contributed by atoms with Crippen molar-refractivity contribution in [3.63, 3.8) is 0 Å². The number of rotatable bonds is 2. The minimum atomic E-state index is -0.449. The van der Waals surface area contributed by atoms with Gasteiger partial charge in [-0.2, -0.15) is 0 Å². The number of carbonyl (C=O) groups is 1. The molecule has 1 N–H and O–H groups in total. The van der Waals surface area contributed by atoms with Gasteiger partial charge in [-0.1, -0.05) is 0 Å². The van der Waals surface area contributed by atoms with Crippen molar-refractivity contribution in [2.24, 2.45) is 0 Å². The molecule has 0 saturated carbocycles. The van der Waals surface area contributed by atoms with Crippen LogP contribution in [0.3, 0.4) is 0 Å². The molecule has 5 heteroatoms. The second-order valence-corrected chi connectivity index (χ2v) is 4.11. The first kappa shape index (κ1) is 10.7. The van der Waals surface area contributed by atoms with E-state index in [0.717, 1.165) is 6.42 Å². The molecule has 2 aliphatic heterocycles. The molecule has 0 aromatic rings. The Labute approximate surface area is 89.0 Å². The predicted molar refractivity (Wildman–Crippen MR) is 52.5 cm³/mol. The molecule has 0 aliphatic carbocycles. The fourth-order valence-electron chi connectivity index (χ4n) is 2.25. The molecule has 2 rings (SSSR count). The smallest absolute Gasteiger partial charge is 0.410 e. The number of aliphatic hydroxyl groups excluding tert-OH is 1. The van der Waals surface area contributed by atoms with Crippen LogP contribution in [0.4, 0.5) is 4.79 Å². The zero-order valence-electron chi connectivity index (χ0n) is 8.78. The van der Waals surface area contributed by atoms with Crippen molar-refractivity contribution < 1.29 is 19.4 Å². The molecule has 86 valence electrons. The summed E-state index contributed by atoms with van der Waals surface area (Å²) in [5.41, 5.74) is -0.449. The summed E-state index contributed by atoms with van der Waals surface area (Å²) in [6.45, 7) is 2.37. The van der Waals surface area contributed by atoms with Gasteiger partial charge < -0.3 is 14.6 Å². The third kappa shape index (κ3) is 1.94. The Morgan fingerprint density at radius 3 is 2.67 bits per heavy atom. The van der Waals surface area contributed by atoms with E-state index in [0.29, 0.717) is 39.2 Å². The first-order valence-corrected chi connectivity index (χ1v) is 5.41. The van der Waals surface area contributed by atoms with Gasteiger partial charge in [-0.05, 0) is 19.3 Å². The molecule has 5 nitrogen and oxygen atoms in total. The number of carbonyl (C=O) groups excluding carboxylic acids is 1. The van der Waals surface area contributed by atoms with Gasteiger partial charge in [-0.15, -0.1) is 0 Å². The molecule has 0 radical (unpaired) electrons. The first-order valence-electron chi connectivity index (χ1n) is 5.41. The Morgan fingerprint density at radius 2 is 2.07 bits per heavy atom. The van der Waals surface area contributed by atoms with Gasteiger partial charge >= 0.3 is 6.09 Å². The normalized spacial score (nSPS) is 26.2. The number of ether oxygens (including phenoxy) is 2. The van der Waals surface area contributed by atoms with Crippen molar-refractivity contribution >= 4 is 6.09 Å². The lowest BCUT2D eigenvalue weighted by Crippen LogP contribution is -2.59. The van der Waals surface area contributed by atoms with E-state index in [1.165, 1.54) is 0 Å². The van der Waals surface area contributed by atoms with Gasteiger partial charge in [-0.25, -0.2) is 4.79 Å². The summed E-state index contributed by atoms with van der Waals surface area (Å²) in [7, 11) is 0. The summed E-state index contributed by atoms with van der Waals surface area (Å²) in [4.78, 5) is 13.3. The van der Waals surface area contributed by atoms with E-state index in [9.17, 15) is 9.90 Å². The second kappa shape index (κ2) is 4.37. The van der Waals surface area contributed by atoms with Crippen LogP contribution in [0.15, 0.2) is 0 Å². The average molecular weight is 215 g/mol. The maximum absolute atomic E-state index is 11.6. The van der Waals surface area contributed by atoms with Gasteiger partial charge in [0.15, 0.2) is 0 Å². The molecule has 2 heterocycles. The lowest BCUT2D eigenvalue weighted by molar-refractivity contribution is -0.0634. The molecule has 0 aromatic heterocycles. The number of hydrogen-bond acceptors (Lipinski definition) is 4. The highest BCUT2D eigenvalue weighted by Gasteiger charge is 2.42. The molecule has 1 amide bonds. The standard InChI is InChI=1S/C10H17NO4/c12-8-10(2-6-14-7-3-10)11-4-1-5-15-9(11)13/h12H,1-8H2.